The number of nitrogens with one attached hydrogen (secondary N) is 1. The molecule has 7 heteroatoms. The van der Waals surface area contributed by atoms with Gasteiger partial charge in [0, 0.05) is 22.8 Å². The first-order chi connectivity index (χ1) is 13.4. The van der Waals surface area contributed by atoms with Crippen molar-refractivity contribution in [2.24, 2.45) is 0 Å². The van der Waals surface area contributed by atoms with Gasteiger partial charge in [-0.3, -0.25) is 0 Å². The van der Waals surface area contributed by atoms with Crippen molar-refractivity contribution in [2.45, 2.75) is 13.2 Å². The molecular weight excluding hydrogens is 509 g/mol. The monoisotopic (exact) mass is 523 g/mol. The van der Waals surface area contributed by atoms with E-state index in [-0.39, 0.29) is 5.56 Å². The van der Waals surface area contributed by atoms with Crippen molar-refractivity contribution in [1.29, 1.82) is 0 Å². The van der Waals surface area contributed by atoms with E-state index in [1.807, 2.05) is 42.5 Å². The van der Waals surface area contributed by atoms with Gasteiger partial charge in [0.05, 0.1) is 14.5 Å². The number of hydrogen-bond donors (Lipinski definition) is 2. The minimum atomic E-state index is -0.950. The Hall–Kier alpha value is -2.02. The molecule has 0 radical (unpaired) electrons. The van der Waals surface area contributed by atoms with E-state index in [1.165, 1.54) is 0 Å². The third-order valence-corrected chi connectivity index (χ3v) is 5.54. The minimum absolute atomic E-state index is 0.246. The van der Waals surface area contributed by atoms with Crippen molar-refractivity contribution in [3.63, 3.8) is 0 Å². The zero-order valence-corrected chi connectivity index (χ0v) is 18.5. The lowest BCUT2D eigenvalue weighted by atomic mass is 10.2. The van der Waals surface area contributed by atoms with Gasteiger partial charge in [-0.1, -0.05) is 35.9 Å². The number of carboxylic acid groups (broad SMARTS) is 1. The lowest BCUT2D eigenvalue weighted by molar-refractivity contribution is 0.0697. The normalized spacial score (nSPS) is 10.5. The molecule has 0 amide bonds. The summed E-state index contributed by atoms with van der Waals surface area (Å²) >= 11 is 13.3. The van der Waals surface area contributed by atoms with Gasteiger partial charge in [0.15, 0.2) is 0 Å². The Morgan fingerprint density at radius 2 is 1.75 bits per heavy atom. The van der Waals surface area contributed by atoms with Gasteiger partial charge in [0.2, 0.25) is 0 Å². The van der Waals surface area contributed by atoms with Gasteiger partial charge in [-0.25, -0.2) is 4.79 Å². The van der Waals surface area contributed by atoms with Gasteiger partial charge in [-0.15, -0.1) is 0 Å². The molecule has 4 nitrogen and oxygen atoms in total. The van der Waals surface area contributed by atoms with Gasteiger partial charge in [0.25, 0.3) is 0 Å². The van der Waals surface area contributed by atoms with E-state index in [0.717, 1.165) is 25.8 Å². The van der Waals surface area contributed by atoms with E-state index < -0.39 is 5.97 Å². The highest BCUT2D eigenvalue weighted by molar-refractivity contribution is 9.11. The molecule has 0 fully saturated rings. The smallest absolute Gasteiger partial charge is 0.335 e. The van der Waals surface area contributed by atoms with E-state index in [4.69, 9.17) is 21.4 Å². The Kier molecular flexibility index (Phi) is 6.99. The molecule has 0 atom stereocenters. The SMILES string of the molecule is O=C(O)c1cccc(NCc2cc(Br)c(OCc3ccccc3Cl)c(Br)c2)c1. The van der Waals surface area contributed by atoms with Crippen molar-refractivity contribution in [2.75, 3.05) is 5.32 Å². The first-order valence-corrected chi connectivity index (χ1v) is 10.3. The van der Waals surface area contributed by atoms with Crippen molar-refractivity contribution in [3.05, 3.63) is 91.3 Å². The molecule has 0 saturated heterocycles. The summed E-state index contributed by atoms with van der Waals surface area (Å²) in [5, 5.41) is 13.0. The van der Waals surface area contributed by atoms with Crippen LogP contribution in [0.1, 0.15) is 21.5 Å². The second-order valence-corrected chi connectivity index (χ2v) is 8.12. The first kappa shape index (κ1) is 20.7. The van der Waals surface area contributed by atoms with Crippen molar-refractivity contribution in [3.8, 4) is 5.75 Å². The lowest BCUT2D eigenvalue weighted by Gasteiger charge is -2.14. The van der Waals surface area contributed by atoms with Crippen LogP contribution in [0, 0.1) is 0 Å². The second-order valence-electron chi connectivity index (χ2n) is 6.01. The molecule has 0 saturated carbocycles. The fourth-order valence-electron chi connectivity index (χ4n) is 2.58. The average Bonchev–Trinajstić information content (AvgIpc) is 2.67. The van der Waals surface area contributed by atoms with E-state index in [2.05, 4.69) is 37.2 Å². The van der Waals surface area contributed by atoms with Crippen LogP contribution in [-0.2, 0) is 13.2 Å². The Morgan fingerprint density at radius 3 is 2.43 bits per heavy atom. The number of carboxylic acids is 1. The highest BCUT2D eigenvalue weighted by Gasteiger charge is 2.11. The van der Waals surface area contributed by atoms with Crippen LogP contribution < -0.4 is 10.1 Å². The Labute approximate surface area is 184 Å². The molecule has 0 aliphatic heterocycles. The Bertz CT molecular complexity index is 987. The maximum Gasteiger partial charge on any atom is 0.335 e. The molecule has 0 bridgehead atoms. The third-order valence-electron chi connectivity index (χ3n) is 3.99. The highest BCUT2D eigenvalue weighted by Crippen LogP contribution is 2.36. The summed E-state index contributed by atoms with van der Waals surface area (Å²) < 4.78 is 7.55. The van der Waals surface area contributed by atoms with Gasteiger partial charge < -0.3 is 15.2 Å². The van der Waals surface area contributed by atoms with Crippen LogP contribution in [0.4, 0.5) is 5.69 Å². The summed E-state index contributed by atoms with van der Waals surface area (Å²) in [6.07, 6.45) is 0. The van der Waals surface area contributed by atoms with Crippen molar-refractivity contribution < 1.29 is 14.6 Å². The minimum Gasteiger partial charge on any atom is -0.486 e. The fourth-order valence-corrected chi connectivity index (χ4v) is 4.28. The van der Waals surface area contributed by atoms with E-state index in [9.17, 15) is 4.79 Å². The highest BCUT2D eigenvalue weighted by atomic mass is 79.9. The summed E-state index contributed by atoms with van der Waals surface area (Å²) in [7, 11) is 0. The number of benzene rings is 3. The molecule has 0 aliphatic rings. The number of rotatable bonds is 7. The van der Waals surface area contributed by atoms with Crippen LogP contribution in [0.15, 0.2) is 69.6 Å². The fraction of sp³-hybridized carbons (Fsp3) is 0.0952. The summed E-state index contributed by atoms with van der Waals surface area (Å²) in [5.41, 5.74) is 2.90. The zero-order chi connectivity index (χ0) is 20.1. The van der Waals surface area contributed by atoms with Crippen molar-refractivity contribution in [1.82, 2.24) is 0 Å². The Balaban J connectivity index is 1.68. The van der Waals surface area contributed by atoms with Crippen LogP contribution >= 0.6 is 43.5 Å². The molecule has 0 aromatic heterocycles. The maximum absolute atomic E-state index is 11.1. The van der Waals surface area contributed by atoms with Gasteiger partial charge in [-0.2, -0.15) is 0 Å². The van der Waals surface area contributed by atoms with Crippen molar-refractivity contribution >= 4 is 55.1 Å². The molecular formula is C21H16Br2ClNO3. The predicted molar refractivity (Wildman–Crippen MR) is 118 cm³/mol. The van der Waals surface area contributed by atoms with Crippen LogP contribution in [0.3, 0.4) is 0 Å². The summed E-state index contributed by atoms with van der Waals surface area (Å²) in [6, 6.07) is 18.2. The number of aromatic carboxylic acids is 1. The molecule has 3 rings (SSSR count). The Morgan fingerprint density at radius 1 is 1.04 bits per heavy atom. The molecule has 0 unspecified atom stereocenters. The van der Waals surface area contributed by atoms with E-state index in [1.54, 1.807) is 18.2 Å². The predicted octanol–water partition coefficient (Wildman–Crippen LogP) is 6.75. The zero-order valence-electron chi connectivity index (χ0n) is 14.6. The molecule has 3 aromatic carbocycles. The lowest BCUT2D eigenvalue weighted by Crippen LogP contribution is -2.03. The van der Waals surface area contributed by atoms with Crippen LogP contribution in [0.2, 0.25) is 5.02 Å². The largest absolute Gasteiger partial charge is 0.486 e. The van der Waals surface area contributed by atoms with Crippen LogP contribution in [0.5, 0.6) is 5.75 Å². The molecule has 144 valence electrons. The quantitative estimate of drug-likeness (QED) is 0.358. The summed E-state index contributed by atoms with van der Waals surface area (Å²) in [6.45, 7) is 0.890. The van der Waals surface area contributed by atoms with Crippen LogP contribution in [0.25, 0.3) is 0 Å². The van der Waals surface area contributed by atoms with Crippen LogP contribution in [-0.4, -0.2) is 11.1 Å². The number of halogens is 3. The number of hydrogen-bond acceptors (Lipinski definition) is 3. The molecule has 0 aliphatic carbocycles. The number of carbonyl (C=O) groups is 1. The van der Waals surface area contributed by atoms with E-state index in [0.29, 0.717) is 23.9 Å². The maximum atomic E-state index is 11.1. The average molecular weight is 526 g/mol. The first-order valence-electron chi connectivity index (χ1n) is 8.35. The molecule has 0 heterocycles. The second kappa shape index (κ2) is 9.45. The topological polar surface area (TPSA) is 58.6 Å². The summed E-state index contributed by atoms with van der Waals surface area (Å²) in [4.78, 5) is 11.1. The third kappa shape index (κ3) is 5.28. The standard InChI is InChI=1S/C21H16Br2ClNO3/c22-17-8-13(11-25-16-6-3-5-14(10-16)21(26)27)9-18(23)20(17)28-12-15-4-1-2-7-19(15)24/h1-10,25H,11-12H2,(H,26,27). The number of ether oxygens (including phenoxy) is 1. The molecule has 3 aromatic rings. The molecule has 0 spiro atoms. The van der Waals surface area contributed by atoms with Gasteiger partial charge in [-0.05, 0) is 73.8 Å². The summed E-state index contributed by atoms with van der Waals surface area (Å²) in [5.74, 6) is -0.259. The molecule has 2 N–H and O–H groups in total. The van der Waals surface area contributed by atoms with Gasteiger partial charge in [0.1, 0.15) is 12.4 Å². The number of anilines is 1. The van der Waals surface area contributed by atoms with Gasteiger partial charge >= 0.3 is 5.97 Å². The molecule has 28 heavy (non-hydrogen) atoms. The van der Waals surface area contributed by atoms with E-state index >= 15 is 0 Å².